The molecular formula is C17H13F4N5O. The maximum Gasteiger partial charge on any atom is 0.416 e. The number of alkyl halides is 3. The highest BCUT2D eigenvalue weighted by atomic mass is 19.4. The minimum Gasteiger partial charge on any atom is -0.364 e. The third-order valence-electron chi connectivity index (χ3n) is 3.72. The lowest BCUT2D eigenvalue weighted by Crippen LogP contribution is -2.13. The number of carbonyl (C=O) groups is 1. The second-order valence-corrected chi connectivity index (χ2v) is 5.83. The highest BCUT2D eigenvalue weighted by molar-refractivity contribution is 5.91. The minimum atomic E-state index is -4.64. The fraction of sp³-hybridized carbons (Fsp3) is 0.176. The molecule has 0 saturated carbocycles. The first kappa shape index (κ1) is 18.5. The van der Waals surface area contributed by atoms with E-state index in [2.05, 4.69) is 15.2 Å². The van der Waals surface area contributed by atoms with Crippen LogP contribution in [0.25, 0.3) is 5.82 Å². The van der Waals surface area contributed by atoms with Gasteiger partial charge in [-0.1, -0.05) is 0 Å². The summed E-state index contributed by atoms with van der Waals surface area (Å²) in [6.45, 7) is 1.55. The number of benzene rings is 1. The van der Waals surface area contributed by atoms with Gasteiger partial charge in [0, 0.05) is 6.20 Å². The molecule has 10 heteroatoms. The van der Waals surface area contributed by atoms with Crippen molar-refractivity contribution in [3.05, 3.63) is 70.4 Å². The molecule has 0 bridgehead atoms. The number of aryl methyl sites for hydroxylation is 1. The van der Waals surface area contributed by atoms with Crippen molar-refractivity contribution in [3.63, 3.8) is 0 Å². The molecule has 2 heterocycles. The van der Waals surface area contributed by atoms with Crippen LogP contribution < -0.4 is 5.73 Å². The molecule has 1 amide bonds. The Morgan fingerprint density at radius 2 is 1.89 bits per heavy atom. The van der Waals surface area contributed by atoms with Crippen LogP contribution in [0.2, 0.25) is 0 Å². The van der Waals surface area contributed by atoms with E-state index in [4.69, 9.17) is 5.73 Å². The number of primary amides is 1. The van der Waals surface area contributed by atoms with Crippen LogP contribution in [0.1, 0.15) is 32.9 Å². The molecule has 6 nitrogen and oxygen atoms in total. The van der Waals surface area contributed by atoms with Crippen LogP contribution in [0.3, 0.4) is 0 Å². The molecule has 0 atom stereocenters. The van der Waals surface area contributed by atoms with E-state index in [9.17, 15) is 22.4 Å². The molecule has 2 N–H and O–H groups in total. The van der Waals surface area contributed by atoms with Gasteiger partial charge in [0.2, 0.25) is 0 Å². The number of hydrogen-bond donors (Lipinski definition) is 1. The minimum absolute atomic E-state index is 0.0119. The monoisotopic (exact) mass is 379 g/mol. The van der Waals surface area contributed by atoms with Gasteiger partial charge in [0.15, 0.2) is 11.5 Å². The van der Waals surface area contributed by atoms with Gasteiger partial charge in [-0.15, -0.1) is 9.90 Å². The van der Waals surface area contributed by atoms with Crippen molar-refractivity contribution in [1.82, 2.24) is 20.0 Å². The normalized spacial score (nSPS) is 11.6. The van der Waals surface area contributed by atoms with E-state index < -0.39 is 23.5 Å². The lowest BCUT2D eigenvalue weighted by atomic mass is 10.0. The summed E-state index contributed by atoms with van der Waals surface area (Å²) in [5, 5.41) is 7.99. The molecule has 0 radical (unpaired) electrons. The van der Waals surface area contributed by atoms with Gasteiger partial charge in [-0.05, 0) is 54.8 Å². The fourth-order valence-corrected chi connectivity index (χ4v) is 2.54. The van der Waals surface area contributed by atoms with Crippen molar-refractivity contribution in [2.24, 2.45) is 5.73 Å². The van der Waals surface area contributed by atoms with E-state index >= 15 is 0 Å². The maximum atomic E-state index is 13.5. The summed E-state index contributed by atoms with van der Waals surface area (Å²) >= 11 is 0. The zero-order valence-corrected chi connectivity index (χ0v) is 14.0. The Balaban J connectivity index is 1.92. The van der Waals surface area contributed by atoms with Gasteiger partial charge in [-0.2, -0.15) is 18.3 Å². The average Bonchev–Trinajstić information content (AvgIpc) is 2.96. The number of amides is 1. The van der Waals surface area contributed by atoms with Crippen molar-refractivity contribution in [3.8, 4) is 5.82 Å². The van der Waals surface area contributed by atoms with Gasteiger partial charge in [0.1, 0.15) is 5.82 Å². The van der Waals surface area contributed by atoms with Crippen LogP contribution in [-0.4, -0.2) is 25.9 Å². The van der Waals surface area contributed by atoms with Crippen LogP contribution >= 0.6 is 0 Å². The summed E-state index contributed by atoms with van der Waals surface area (Å²) in [5.74, 6) is -1.46. The lowest BCUT2D eigenvalue weighted by molar-refractivity contribution is -0.137. The highest BCUT2D eigenvalue weighted by Gasteiger charge is 2.31. The summed E-state index contributed by atoms with van der Waals surface area (Å²) in [6, 6.07) is 5.49. The standard InChI is InChI=1S/C17H13F4N5O/c1-9-15(16(22)27)25-26(24-9)14-7-10(2-3-23-14)4-11-5-12(17(19,20)21)8-13(18)6-11/h2-3,5-8H,4H2,1H3,(H2,22,27). The second kappa shape index (κ2) is 6.78. The van der Waals surface area contributed by atoms with Gasteiger partial charge in [0.05, 0.1) is 11.3 Å². The van der Waals surface area contributed by atoms with Crippen molar-refractivity contribution in [1.29, 1.82) is 0 Å². The Bertz CT molecular complexity index is 1010. The molecule has 0 unspecified atom stereocenters. The van der Waals surface area contributed by atoms with Gasteiger partial charge in [-0.25, -0.2) is 9.37 Å². The number of hydrogen-bond acceptors (Lipinski definition) is 4. The van der Waals surface area contributed by atoms with Crippen LogP contribution in [0.4, 0.5) is 17.6 Å². The largest absolute Gasteiger partial charge is 0.416 e. The van der Waals surface area contributed by atoms with Crippen LogP contribution in [0, 0.1) is 12.7 Å². The van der Waals surface area contributed by atoms with Crippen LogP contribution in [0.15, 0.2) is 36.5 Å². The quantitative estimate of drug-likeness (QED) is 0.707. The molecule has 0 aliphatic carbocycles. The fourth-order valence-electron chi connectivity index (χ4n) is 2.54. The third kappa shape index (κ3) is 4.10. The molecule has 0 fully saturated rings. The lowest BCUT2D eigenvalue weighted by Gasteiger charge is -2.10. The average molecular weight is 379 g/mol. The van der Waals surface area contributed by atoms with E-state index in [1.807, 2.05) is 0 Å². The van der Waals surface area contributed by atoms with Crippen molar-refractivity contribution in [2.75, 3.05) is 0 Å². The Hall–Kier alpha value is -3.30. The van der Waals surface area contributed by atoms with Crippen LogP contribution in [-0.2, 0) is 12.6 Å². The van der Waals surface area contributed by atoms with Crippen LogP contribution in [0.5, 0.6) is 0 Å². The number of nitrogens with two attached hydrogens (primary N) is 1. The topological polar surface area (TPSA) is 86.7 Å². The molecule has 3 rings (SSSR count). The maximum absolute atomic E-state index is 13.5. The van der Waals surface area contributed by atoms with E-state index in [0.29, 0.717) is 17.3 Å². The highest BCUT2D eigenvalue weighted by Crippen LogP contribution is 2.31. The Morgan fingerprint density at radius 3 is 2.52 bits per heavy atom. The Kier molecular flexibility index (Phi) is 4.64. The zero-order chi connectivity index (χ0) is 19.8. The van der Waals surface area contributed by atoms with E-state index in [1.165, 1.54) is 12.3 Å². The molecule has 0 saturated heterocycles. The first-order valence-corrected chi connectivity index (χ1v) is 7.69. The Labute approximate surface area is 150 Å². The predicted molar refractivity (Wildman–Crippen MR) is 86.6 cm³/mol. The number of aromatic nitrogens is 4. The zero-order valence-electron chi connectivity index (χ0n) is 14.0. The SMILES string of the molecule is Cc1nn(-c2cc(Cc3cc(F)cc(C(F)(F)F)c3)ccn2)nc1C(N)=O. The number of carbonyl (C=O) groups excluding carboxylic acids is 1. The third-order valence-corrected chi connectivity index (χ3v) is 3.72. The molecule has 0 aliphatic rings. The summed E-state index contributed by atoms with van der Waals surface area (Å²) in [6.07, 6.45) is -3.18. The smallest absolute Gasteiger partial charge is 0.364 e. The predicted octanol–water partition coefficient (Wildman–Crippen LogP) is 2.82. The van der Waals surface area contributed by atoms with Gasteiger partial charge < -0.3 is 5.73 Å². The number of nitrogens with zero attached hydrogens (tertiary/aromatic N) is 4. The summed E-state index contributed by atoms with van der Waals surface area (Å²) in [5.41, 5.74) is 5.17. The number of rotatable bonds is 4. The molecule has 140 valence electrons. The van der Waals surface area contributed by atoms with E-state index in [0.717, 1.165) is 16.9 Å². The summed E-state index contributed by atoms with van der Waals surface area (Å²) in [4.78, 5) is 16.5. The molecule has 27 heavy (non-hydrogen) atoms. The van der Waals surface area contributed by atoms with Crippen molar-refractivity contribution < 1.29 is 22.4 Å². The molecule has 0 spiro atoms. The second-order valence-electron chi connectivity index (χ2n) is 5.83. The Morgan fingerprint density at radius 1 is 1.15 bits per heavy atom. The molecule has 1 aromatic carbocycles. The molecule has 3 aromatic rings. The molecule has 0 aliphatic heterocycles. The van der Waals surface area contributed by atoms with E-state index in [1.54, 1.807) is 13.0 Å². The van der Waals surface area contributed by atoms with Gasteiger partial charge in [0.25, 0.3) is 5.91 Å². The van der Waals surface area contributed by atoms with E-state index in [-0.39, 0.29) is 23.5 Å². The first-order valence-electron chi connectivity index (χ1n) is 7.69. The molecule has 2 aromatic heterocycles. The first-order chi connectivity index (χ1) is 12.6. The van der Waals surface area contributed by atoms with Crippen molar-refractivity contribution >= 4 is 5.91 Å². The number of pyridine rings is 1. The van der Waals surface area contributed by atoms with Gasteiger partial charge >= 0.3 is 6.18 Å². The molecular weight excluding hydrogens is 366 g/mol. The van der Waals surface area contributed by atoms with Crippen molar-refractivity contribution in [2.45, 2.75) is 19.5 Å². The summed E-state index contributed by atoms with van der Waals surface area (Å²) in [7, 11) is 0. The number of halogens is 4. The summed E-state index contributed by atoms with van der Waals surface area (Å²) < 4.78 is 52.1. The van der Waals surface area contributed by atoms with Gasteiger partial charge in [-0.3, -0.25) is 4.79 Å².